The van der Waals surface area contributed by atoms with Crippen LogP contribution in [0.5, 0.6) is 0 Å². The first kappa shape index (κ1) is 12.2. The number of thiocarbonyl (C=S) groups is 1. The number of hydrogen-bond donors (Lipinski definition) is 3. The molecule has 14 heavy (non-hydrogen) atoms. The Morgan fingerprint density at radius 3 is 2.86 bits per heavy atom. The maximum absolute atomic E-state index is 9.13. The van der Waals surface area contributed by atoms with E-state index in [0.717, 1.165) is 19.4 Å². The van der Waals surface area contributed by atoms with E-state index in [2.05, 4.69) is 4.84 Å². The molecule has 0 spiro atoms. The summed E-state index contributed by atoms with van der Waals surface area (Å²) in [6.07, 6.45) is 1.68. The summed E-state index contributed by atoms with van der Waals surface area (Å²) >= 11 is 10.7. The second kappa shape index (κ2) is 5.28. The molecule has 1 fully saturated rings. The zero-order chi connectivity index (χ0) is 10.7. The second-order valence-electron chi connectivity index (χ2n) is 3.49. The Hall–Kier alpha value is 0.125. The third kappa shape index (κ3) is 2.58. The van der Waals surface area contributed by atoms with E-state index in [0.29, 0.717) is 4.99 Å². The maximum Gasteiger partial charge on any atom is 0.475 e. The summed E-state index contributed by atoms with van der Waals surface area (Å²) in [4.78, 5) is 5.00. The van der Waals surface area contributed by atoms with Crippen LogP contribution in [0.15, 0.2) is 0 Å². The van der Waals surface area contributed by atoms with Crippen LogP contribution in [-0.4, -0.2) is 45.6 Å². The zero-order valence-corrected chi connectivity index (χ0v) is 9.55. The first-order valence-electron chi connectivity index (χ1n) is 4.60. The van der Waals surface area contributed by atoms with Crippen LogP contribution in [0.4, 0.5) is 0 Å². The minimum atomic E-state index is -1.34. The third-order valence-electron chi connectivity index (χ3n) is 2.46. The van der Waals surface area contributed by atoms with Crippen molar-refractivity contribution in [1.29, 1.82) is 0 Å². The van der Waals surface area contributed by atoms with Crippen LogP contribution in [0, 0.1) is 0 Å². The average Bonchev–Trinajstić information content (AvgIpc) is 2.63. The number of nitrogens with one attached hydrogen (secondary N) is 1. The molecule has 1 heterocycles. The molecule has 1 saturated heterocycles. The van der Waals surface area contributed by atoms with Gasteiger partial charge in [0.2, 0.25) is 0 Å². The molecule has 7 heteroatoms. The van der Waals surface area contributed by atoms with Gasteiger partial charge in [-0.3, -0.25) is 0 Å². The number of hydrogen-bond acceptors (Lipinski definition) is 4. The van der Waals surface area contributed by atoms with E-state index in [1.165, 1.54) is 0 Å². The summed E-state index contributed by atoms with van der Waals surface area (Å²) in [5.74, 6) is -0.282. The Bertz CT molecular complexity index is 220. The van der Waals surface area contributed by atoms with Crippen molar-refractivity contribution < 1.29 is 10.0 Å². The Morgan fingerprint density at radius 2 is 2.36 bits per heavy atom. The summed E-state index contributed by atoms with van der Waals surface area (Å²) in [7, 11) is -1.34. The fraction of sp³-hybridized carbons (Fsp3) is 0.857. The molecular formula is C7H14BClN2O2S. The van der Waals surface area contributed by atoms with Crippen LogP contribution in [-0.2, 0) is 0 Å². The molecule has 2 atom stereocenters. The van der Waals surface area contributed by atoms with Crippen LogP contribution in [0.3, 0.4) is 0 Å². The molecule has 0 unspecified atom stereocenters. The Labute approximate surface area is 94.5 Å². The molecule has 0 aromatic carbocycles. The summed E-state index contributed by atoms with van der Waals surface area (Å²) in [6, 6.07) is -0.133. The quantitative estimate of drug-likeness (QED) is 0.364. The normalized spacial score (nSPS) is 23.7. The smallest absolute Gasteiger partial charge is 0.426 e. The summed E-state index contributed by atoms with van der Waals surface area (Å²) in [5.41, 5.74) is 0. The lowest BCUT2D eigenvalue weighted by atomic mass is 9.78. The van der Waals surface area contributed by atoms with Gasteiger partial charge in [-0.1, -0.05) is 12.2 Å². The predicted molar refractivity (Wildman–Crippen MR) is 61.0 cm³/mol. The third-order valence-corrected chi connectivity index (χ3v) is 3.38. The van der Waals surface area contributed by atoms with Crippen LogP contribution in [0.2, 0.25) is 0 Å². The molecule has 0 aromatic rings. The largest absolute Gasteiger partial charge is 0.475 e. The SMILES string of the molecule is C[C@H](NCl)C(=S)N1CCC[C@H]1B(O)O. The van der Waals surface area contributed by atoms with Gasteiger partial charge in [0.1, 0.15) is 0 Å². The topological polar surface area (TPSA) is 55.7 Å². The van der Waals surface area contributed by atoms with E-state index in [4.69, 9.17) is 34.0 Å². The summed E-state index contributed by atoms with van der Waals surface area (Å²) < 4.78 is 0. The number of rotatable bonds is 3. The lowest BCUT2D eigenvalue weighted by Crippen LogP contribution is -2.49. The zero-order valence-electron chi connectivity index (χ0n) is 7.98. The molecule has 0 saturated carbocycles. The highest BCUT2D eigenvalue weighted by molar-refractivity contribution is 7.80. The fourth-order valence-corrected chi connectivity index (χ4v) is 2.13. The molecule has 4 nitrogen and oxygen atoms in total. The van der Waals surface area contributed by atoms with Crippen molar-refractivity contribution in [2.45, 2.75) is 31.7 Å². The van der Waals surface area contributed by atoms with Gasteiger partial charge in [-0.25, -0.2) is 4.84 Å². The van der Waals surface area contributed by atoms with Gasteiger partial charge in [-0.15, -0.1) is 0 Å². The van der Waals surface area contributed by atoms with E-state index in [1.807, 2.05) is 11.8 Å². The van der Waals surface area contributed by atoms with E-state index in [9.17, 15) is 0 Å². The van der Waals surface area contributed by atoms with Gasteiger partial charge >= 0.3 is 7.12 Å². The molecule has 0 aliphatic carbocycles. The van der Waals surface area contributed by atoms with Crippen molar-refractivity contribution in [1.82, 2.24) is 9.74 Å². The van der Waals surface area contributed by atoms with Gasteiger partial charge in [-0.05, 0) is 31.5 Å². The molecule has 0 aromatic heterocycles. The van der Waals surface area contributed by atoms with Crippen molar-refractivity contribution in [3.8, 4) is 0 Å². The molecule has 0 radical (unpaired) electrons. The van der Waals surface area contributed by atoms with Gasteiger partial charge in [0.05, 0.1) is 17.0 Å². The molecule has 0 bridgehead atoms. The Morgan fingerprint density at radius 1 is 1.71 bits per heavy atom. The van der Waals surface area contributed by atoms with Crippen LogP contribution in [0.25, 0.3) is 0 Å². The highest BCUT2D eigenvalue weighted by atomic mass is 35.5. The summed E-state index contributed by atoms with van der Waals surface area (Å²) in [5, 5.41) is 18.3. The second-order valence-corrected chi connectivity index (χ2v) is 4.12. The molecule has 80 valence electrons. The van der Waals surface area contributed by atoms with Crippen molar-refractivity contribution in [3.63, 3.8) is 0 Å². The highest BCUT2D eigenvalue weighted by Crippen LogP contribution is 2.19. The minimum Gasteiger partial charge on any atom is -0.426 e. The van der Waals surface area contributed by atoms with Crippen molar-refractivity contribution in [2.75, 3.05) is 6.54 Å². The predicted octanol–water partition coefficient (Wildman–Crippen LogP) is -0.0779. The number of nitrogens with zero attached hydrogens (tertiary/aromatic N) is 1. The van der Waals surface area contributed by atoms with Gasteiger partial charge in [-0.2, -0.15) is 0 Å². The van der Waals surface area contributed by atoms with Gasteiger partial charge in [0, 0.05) is 6.54 Å². The fourth-order valence-electron chi connectivity index (χ4n) is 1.67. The number of likely N-dealkylation sites (tertiary alicyclic amines) is 1. The molecule has 0 amide bonds. The first-order chi connectivity index (χ1) is 6.57. The van der Waals surface area contributed by atoms with Crippen LogP contribution in [0.1, 0.15) is 19.8 Å². The summed E-state index contributed by atoms with van der Waals surface area (Å²) in [6.45, 7) is 2.61. The maximum atomic E-state index is 9.13. The molecule has 3 N–H and O–H groups in total. The number of halogens is 1. The minimum absolute atomic E-state index is 0.133. The van der Waals surface area contributed by atoms with Gasteiger partial charge in [0.15, 0.2) is 0 Å². The van der Waals surface area contributed by atoms with Crippen LogP contribution < -0.4 is 4.84 Å². The first-order valence-corrected chi connectivity index (χ1v) is 5.39. The van der Waals surface area contributed by atoms with E-state index >= 15 is 0 Å². The van der Waals surface area contributed by atoms with Gasteiger partial charge in [0.25, 0.3) is 0 Å². The standard InChI is InChI=1S/C7H14BClN2O2S/c1-5(10-9)7(14)11-4-2-3-6(11)8(12)13/h5-6,10,12-13H,2-4H2,1H3/t5-,6-/m0/s1. The lowest BCUT2D eigenvalue weighted by molar-refractivity contribution is 0.333. The average molecular weight is 237 g/mol. The highest BCUT2D eigenvalue weighted by Gasteiger charge is 2.36. The Kier molecular flexibility index (Phi) is 4.60. The lowest BCUT2D eigenvalue weighted by Gasteiger charge is -2.29. The van der Waals surface area contributed by atoms with Crippen molar-refractivity contribution in [2.24, 2.45) is 0 Å². The monoisotopic (exact) mass is 236 g/mol. The van der Waals surface area contributed by atoms with Gasteiger partial charge < -0.3 is 14.9 Å². The van der Waals surface area contributed by atoms with Crippen molar-refractivity contribution in [3.05, 3.63) is 0 Å². The Balaban J connectivity index is 2.62. The van der Waals surface area contributed by atoms with Crippen molar-refractivity contribution >= 4 is 36.1 Å². The molecule has 1 aliphatic rings. The molecule has 1 aliphatic heterocycles. The van der Waals surface area contributed by atoms with E-state index in [-0.39, 0.29) is 12.0 Å². The van der Waals surface area contributed by atoms with Crippen LogP contribution >= 0.6 is 24.0 Å². The molecule has 1 rings (SSSR count). The van der Waals surface area contributed by atoms with E-state index < -0.39 is 7.12 Å². The van der Waals surface area contributed by atoms with E-state index in [1.54, 1.807) is 0 Å². The molecular weight excluding hydrogens is 222 g/mol.